The van der Waals surface area contributed by atoms with Crippen molar-refractivity contribution < 1.29 is 34.6 Å². The van der Waals surface area contributed by atoms with Crippen molar-refractivity contribution in [2.45, 2.75) is 62.5 Å². The van der Waals surface area contributed by atoms with Crippen LogP contribution in [0.25, 0.3) is 0 Å². The Morgan fingerprint density at radius 1 is 0.921 bits per heavy atom. The first-order valence-electron chi connectivity index (χ1n) is 12.8. The maximum atomic E-state index is 10.5. The van der Waals surface area contributed by atoms with E-state index in [0.717, 1.165) is 22.4 Å². The monoisotopic (exact) mass is 540 g/mol. The number of aliphatic hydroxyl groups is 4. The van der Waals surface area contributed by atoms with Gasteiger partial charge in [0.05, 0.1) is 12.2 Å². The third-order valence-electron chi connectivity index (χ3n) is 7.40. The molecule has 3 aromatic rings. The molecule has 0 aromatic heterocycles. The van der Waals surface area contributed by atoms with Gasteiger partial charge in [-0.3, -0.25) is 0 Å². The van der Waals surface area contributed by atoms with Gasteiger partial charge in [-0.05, 0) is 66.3 Å². The van der Waals surface area contributed by atoms with Crippen LogP contribution in [-0.4, -0.2) is 58.1 Å². The van der Waals surface area contributed by atoms with Crippen molar-refractivity contribution in [2.24, 2.45) is 0 Å². The van der Waals surface area contributed by atoms with Crippen molar-refractivity contribution in [3.63, 3.8) is 0 Å². The first kappa shape index (κ1) is 27.1. The lowest BCUT2D eigenvalue weighted by atomic mass is 9.90. The van der Waals surface area contributed by atoms with E-state index in [2.05, 4.69) is 26.0 Å². The standard InChI is InChI=1S/C30H33ClO7/c1-30(2)22-6-4-3-5-21(22)25(38-30)16-36-20-10-7-17(8-11-20)13-19-14-18(9-12-23(19)31)29-28(35)27(34)26(33)24(15-32)37-29/h3-12,14,24-29,32-35H,13,15-16H2,1-2H3/t24-,25?,26-,27+,28-,29+/m1/s1. The molecule has 6 atom stereocenters. The molecule has 0 radical (unpaired) electrons. The Morgan fingerprint density at radius 3 is 2.39 bits per heavy atom. The Labute approximate surface area is 227 Å². The van der Waals surface area contributed by atoms with Crippen LogP contribution in [0.2, 0.25) is 5.02 Å². The topological polar surface area (TPSA) is 109 Å². The Morgan fingerprint density at radius 2 is 1.66 bits per heavy atom. The molecule has 202 valence electrons. The molecule has 0 spiro atoms. The number of benzene rings is 3. The van der Waals surface area contributed by atoms with Crippen LogP contribution in [0.1, 0.15) is 53.9 Å². The van der Waals surface area contributed by atoms with Crippen molar-refractivity contribution in [1.29, 1.82) is 0 Å². The van der Waals surface area contributed by atoms with E-state index in [4.69, 9.17) is 25.8 Å². The minimum atomic E-state index is -1.44. The van der Waals surface area contributed by atoms with Crippen molar-refractivity contribution in [2.75, 3.05) is 13.2 Å². The molecule has 1 fully saturated rings. The summed E-state index contributed by atoms with van der Waals surface area (Å²) < 4.78 is 18.0. The van der Waals surface area contributed by atoms with Crippen LogP contribution in [-0.2, 0) is 21.5 Å². The second kappa shape index (κ2) is 10.9. The molecule has 1 saturated heterocycles. The number of ether oxygens (including phenoxy) is 3. The number of fused-ring (bicyclic) bond motifs is 1. The molecule has 1 unspecified atom stereocenters. The van der Waals surface area contributed by atoms with Gasteiger partial charge in [0.15, 0.2) is 0 Å². The summed E-state index contributed by atoms with van der Waals surface area (Å²) in [5.41, 5.74) is 4.41. The average Bonchev–Trinajstić information content (AvgIpc) is 3.18. The molecule has 0 amide bonds. The largest absolute Gasteiger partial charge is 0.491 e. The van der Waals surface area contributed by atoms with Crippen molar-refractivity contribution >= 4 is 11.6 Å². The predicted molar refractivity (Wildman–Crippen MR) is 142 cm³/mol. The van der Waals surface area contributed by atoms with Crippen molar-refractivity contribution in [3.05, 3.63) is 99.6 Å². The van der Waals surface area contributed by atoms with Gasteiger partial charge >= 0.3 is 0 Å². The van der Waals surface area contributed by atoms with Crippen LogP contribution in [0, 0.1) is 0 Å². The third-order valence-corrected chi connectivity index (χ3v) is 7.77. The lowest BCUT2D eigenvalue weighted by Gasteiger charge is -2.40. The molecule has 4 N–H and O–H groups in total. The molecule has 5 rings (SSSR count). The van der Waals surface area contributed by atoms with Crippen LogP contribution in [0.4, 0.5) is 0 Å². The molecular formula is C30H33ClO7. The number of halogens is 1. The Bertz CT molecular complexity index is 1260. The third kappa shape index (κ3) is 5.33. The lowest BCUT2D eigenvalue weighted by molar-refractivity contribution is -0.231. The van der Waals surface area contributed by atoms with Gasteiger partial charge in [0, 0.05) is 5.02 Å². The van der Waals surface area contributed by atoms with E-state index in [1.165, 1.54) is 5.56 Å². The average molecular weight is 541 g/mol. The molecule has 2 heterocycles. The number of hydrogen-bond acceptors (Lipinski definition) is 7. The first-order valence-corrected chi connectivity index (χ1v) is 13.1. The lowest BCUT2D eigenvalue weighted by Crippen LogP contribution is -2.55. The molecule has 8 heteroatoms. The summed E-state index contributed by atoms with van der Waals surface area (Å²) in [7, 11) is 0. The van der Waals surface area contributed by atoms with Gasteiger partial charge in [-0.1, -0.05) is 60.1 Å². The maximum Gasteiger partial charge on any atom is 0.119 e. The highest BCUT2D eigenvalue weighted by Crippen LogP contribution is 2.43. The van der Waals surface area contributed by atoms with Crippen molar-refractivity contribution in [1.82, 2.24) is 0 Å². The number of hydrogen-bond donors (Lipinski definition) is 4. The van der Waals surface area contributed by atoms with E-state index in [0.29, 0.717) is 23.6 Å². The van der Waals surface area contributed by atoms with Crippen LogP contribution < -0.4 is 4.74 Å². The van der Waals surface area contributed by atoms with Crippen molar-refractivity contribution in [3.8, 4) is 5.75 Å². The van der Waals surface area contributed by atoms with Gasteiger partial charge in [0.25, 0.3) is 0 Å². The zero-order valence-corrected chi connectivity index (χ0v) is 22.1. The molecule has 0 aliphatic carbocycles. The zero-order valence-electron chi connectivity index (χ0n) is 21.3. The molecule has 2 aliphatic heterocycles. The van der Waals surface area contributed by atoms with E-state index in [-0.39, 0.29) is 11.7 Å². The van der Waals surface area contributed by atoms with Gasteiger partial charge in [0.2, 0.25) is 0 Å². The zero-order chi connectivity index (χ0) is 27.0. The van der Waals surface area contributed by atoms with Crippen LogP contribution in [0.15, 0.2) is 66.7 Å². The summed E-state index contributed by atoms with van der Waals surface area (Å²) in [5.74, 6) is 0.737. The minimum Gasteiger partial charge on any atom is -0.491 e. The highest BCUT2D eigenvalue weighted by molar-refractivity contribution is 6.31. The Hall–Kier alpha value is -2.49. The summed E-state index contributed by atoms with van der Waals surface area (Å²) in [5, 5.41) is 40.8. The summed E-state index contributed by atoms with van der Waals surface area (Å²) >= 11 is 6.48. The van der Waals surface area contributed by atoms with E-state index < -0.39 is 37.1 Å². The Kier molecular flexibility index (Phi) is 7.80. The molecule has 7 nitrogen and oxygen atoms in total. The molecule has 0 saturated carbocycles. The van der Waals surface area contributed by atoms with E-state index in [1.807, 2.05) is 42.5 Å². The molecular weight excluding hydrogens is 508 g/mol. The summed E-state index contributed by atoms with van der Waals surface area (Å²) in [6.07, 6.45) is -5.68. The minimum absolute atomic E-state index is 0.134. The van der Waals surface area contributed by atoms with E-state index >= 15 is 0 Å². The number of rotatable bonds is 7. The fraction of sp³-hybridized carbons (Fsp3) is 0.400. The highest BCUT2D eigenvalue weighted by atomic mass is 35.5. The summed E-state index contributed by atoms with van der Waals surface area (Å²) in [6.45, 7) is 4.07. The van der Waals surface area contributed by atoms with E-state index in [1.54, 1.807) is 12.1 Å². The predicted octanol–water partition coefficient (Wildman–Crippen LogP) is 3.83. The van der Waals surface area contributed by atoms with Crippen LogP contribution >= 0.6 is 11.6 Å². The van der Waals surface area contributed by atoms with Gasteiger partial charge in [-0.25, -0.2) is 0 Å². The normalized spacial score (nSPS) is 28.2. The second-order valence-corrected chi connectivity index (χ2v) is 10.8. The van der Waals surface area contributed by atoms with Gasteiger partial charge in [-0.2, -0.15) is 0 Å². The highest BCUT2D eigenvalue weighted by Gasteiger charge is 2.44. The SMILES string of the molecule is CC1(C)OC(COc2ccc(Cc3cc([C@@H]4O[C@H](CO)[C@@H](O)[C@H](O)[C@H]4O)ccc3Cl)cc2)c2ccccc21. The number of aliphatic hydroxyl groups excluding tert-OH is 4. The van der Waals surface area contributed by atoms with Gasteiger partial charge in [0.1, 0.15) is 49.0 Å². The van der Waals surface area contributed by atoms with Gasteiger partial charge < -0.3 is 34.6 Å². The molecule has 38 heavy (non-hydrogen) atoms. The Balaban J connectivity index is 1.25. The fourth-order valence-electron chi connectivity index (χ4n) is 5.31. The second-order valence-electron chi connectivity index (χ2n) is 10.4. The van der Waals surface area contributed by atoms with E-state index in [9.17, 15) is 20.4 Å². The smallest absolute Gasteiger partial charge is 0.119 e. The molecule has 3 aromatic carbocycles. The quantitative estimate of drug-likeness (QED) is 0.361. The summed E-state index contributed by atoms with van der Waals surface area (Å²) in [6, 6.07) is 21.2. The maximum absolute atomic E-state index is 10.5. The first-order chi connectivity index (χ1) is 18.2. The van der Waals surface area contributed by atoms with Gasteiger partial charge in [-0.15, -0.1) is 0 Å². The van der Waals surface area contributed by atoms with Crippen LogP contribution in [0.5, 0.6) is 5.75 Å². The molecule has 2 aliphatic rings. The fourth-order valence-corrected chi connectivity index (χ4v) is 5.50. The molecule has 0 bridgehead atoms. The van der Waals surface area contributed by atoms with Crippen LogP contribution in [0.3, 0.4) is 0 Å². The summed E-state index contributed by atoms with van der Waals surface area (Å²) in [4.78, 5) is 0.